The zero-order chi connectivity index (χ0) is 48.6. The summed E-state index contributed by atoms with van der Waals surface area (Å²) in [6.07, 6.45) is 1.08. The molecule has 0 saturated carbocycles. The van der Waals surface area contributed by atoms with Gasteiger partial charge in [-0.3, -0.25) is 0 Å². The lowest BCUT2D eigenvalue weighted by Gasteiger charge is -2.45. The number of rotatable bonds is 6. The number of fused-ring (bicyclic) bond motifs is 8. The fraction of sp³-hybridized carbons (Fsp3) is 0.182. The highest BCUT2D eigenvalue weighted by Crippen LogP contribution is 2.54. The fourth-order valence-corrected chi connectivity index (χ4v) is 12.8. The third kappa shape index (κ3) is 6.73. The van der Waals surface area contributed by atoms with E-state index in [1.54, 1.807) is 0 Å². The summed E-state index contributed by atoms with van der Waals surface area (Å²) < 4.78 is 6.67. The van der Waals surface area contributed by atoms with Gasteiger partial charge in [0.15, 0.2) is 0 Å². The zero-order valence-corrected chi connectivity index (χ0v) is 42.0. The maximum absolute atomic E-state index is 6.67. The van der Waals surface area contributed by atoms with Crippen molar-refractivity contribution in [3.05, 3.63) is 216 Å². The molecule has 0 fully saturated rings. The Hall–Kier alpha value is -7.76. The Kier molecular flexibility index (Phi) is 9.52. The van der Waals surface area contributed by atoms with Crippen molar-refractivity contribution in [2.75, 3.05) is 14.7 Å². The summed E-state index contributed by atoms with van der Waals surface area (Å²) in [7, 11) is 0. The second-order valence-corrected chi connectivity index (χ2v) is 22.6. The molecule has 0 N–H and O–H groups in total. The van der Waals surface area contributed by atoms with Gasteiger partial charge in [-0.15, -0.1) is 0 Å². The van der Waals surface area contributed by atoms with E-state index in [9.17, 15) is 0 Å². The van der Waals surface area contributed by atoms with E-state index in [4.69, 9.17) is 4.42 Å². The highest BCUT2D eigenvalue weighted by Gasteiger charge is 2.48. The summed E-state index contributed by atoms with van der Waals surface area (Å²) >= 11 is 0. The minimum Gasteiger partial charge on any atom is -0.456 e. The van der Waals surface area contributed by atoms with E-state index in [2.05, 4.69) is 264 Å². The Morgan fingerprint density at radius 2 is 1.07 bits per heavy atom. The van der Waals surface area contributed by atoms with Crippen molar-refractivity contribution in [3.8, 4) is 11.1 Å². The number of hydrogen-bond acceptors (Lipinski definition) is 4. The Bertz CT molecular complexity index is 3710. The van der Waals surface area contributed by atoms with Crippen LogP contribution in [0.4, 0.5) is 51.2 Å². The molecule has 1 aromatic heterocycles. The van der Waals surface area contributed by atoms with Gasteiger partial charge in [0.05, 0.1) is 16.8 Å². The monoisotopic (exact) mass is 919 g/mol. The van der Waals surface area contributed by atoms with Crippen LogP contribution >= 0.6 is 0 Å². The Morgan fingerprint density at radius 3 is 1.75 bits per heavy atom. The van der Waals surface area contributed by atoms with E-state index in [0.717, 1.165) is 56.8 Å². The summed E-state index contributed by atoms with van der Waals surface area (Å²) in [5.41, 5.74) is 23.9. The minimum atomic E-state index is -0.0921. The van der Waals surface area contributed by atoms with Crippen molar-refractivity contribution >= 4 is 96.2 Å². The van der Waals surface area contributed by atoms with Gasteiger partial charge < -0.3 is 19.1 Å². The molecule has 71 heavy (non-hydrogen) atoms. The number of benzene rings is 9. The Balaban J connectivity index is 1.17. The van der Waals surface area contributed by atoms with Crippen LogP contribution in [-0.4, -0.2) is 6.71 Å². The molecule has 3 heterocycles. The Labute approximate surface area is 418 Å². The molecule has 0 saturated heterocycles. The van der Waals surface area contributed by atoms with Crippen LogP contribution in [0.25, 0.3) is 33.1 Å². The van der Waals surface area contributed by atoms with Crippen LogP contribution in [0.2, 0.25) is 0 Å². The number of aryl methyl sites for hydroxylation is 1. The number of para-hydroxylation sites is 3. The van der Waals surface area contributed by atoms with E-state index >= 15 is 0 Å². The van der Waals surface area contributed by atoms with Crippen LogP contribution in [0.3, 0.4) is 0 Å². The average molecular weight is 920 g/mol. The molecule has 0 bridgehead atoms. The van der Waals surface area contributed by atoms with Crippen molar-refractivity contribution < 1.29 is 4.42 Å². The van der Waals surface area contributed by atoms with Gasteiger partial charge in [0.1, 0.15) is 11.2 Å². The van der Waals surface area contributed by atoms with Crippen molar-refractivity contribution in [1.82, 2.24) is 0 Å². The van der Waals surface area contributed by atoms with E-state index in [-0.39, 0.29) is 23.0 Å². The van der Waals surface area contributed by atoms with Crippen LogP contribution in [0.1, 0.15) is 77.1 Å². The molecule has 0 radical (unpaired) electrons. The zero-order valence-electron chi connectivity index (χ0n) is 42.0. The smallest absolute Gasteiger partial charge is 0.252 e. The molecule has 10 aromatic rings. The largest absolute Gasteiger partial charge is 0.456 e. The van der Waals surface area contributed by atoms with Gasteiger partial charge in [-0.2, -0.15) is 0 Å². The molecule has 0 spiro atoms. The summed E-state index contributed by atoms with van der Waals surface area (Å²) in [5, 5.41) is 2.25. The molecule has 346 valence electrons. The van der Waals surface area contributed by atoms with Gasteiger partial charge in [-0.1, -0.05) is 152 Å². The topological polar surface area (TPSA) is 22.9 Å². The summed E-state index contributed by atoms with van der Waals surface area (Å²) in [6.45, 7) is 18.9. The van der Waals surface area contributed by atoms with Crippen LogP contribution in [0, 0.1) is 6.92 Å². The van der Waals surface area contributed by atoms with Gasteiger partial charge in [-0.25, -0.2) is 0 Å². The molecule has 2 aliphatic heterocycles. The fourth-order valence-electron chi connectivity index (χ4n) is 12.8. The van der Waals surface area contributed by atoms with E-state index in [1.807, 2.05) is 0 Å². The van der Waals surface area contributed by atoms with Crippen LogP contribution in [0.5, 0.6) is 0 Å². The number of hydrogen-bond donors (Lipinski definition) is 0. The lowest BCUT2D eigenvalue weighted by Crippen LogP contribution is -2.61. The standard InChI is InChI=1S/C66H58BN3O/c1-42-35-58-63-59(36-42)70(56-28-20-30-61-62(56)48-27-18-19-29-60(48)71-61)57-40-51-50(65(5,6)41-66(51,7)8)39-53(57)67(63)52-38-47(68(45-23-14-10-15-24-45)46-25-16-11-17-26-46)32-34-55(52)69(58)54-33-31-44(64(2,3)4)37-49(54)43-21-12-9-13-22-43/h9-40H,41H2,1-8H3. The predicted octanol–water partition coefficient (Wildman–Crippen LogP) is 16.4. The van der Waals surface area contributed by atoms with Gasteiger partial charge in [0.25, 0.3) is 6.71 Å². The summed E-state index contributed by atoms with van der Waals surface area (Å²) in [5.74, 6) is 0. The van der Waals surface area contributed by atoms with Crippen LogP contribution in [-0.2, 0) is 16.2 Å². The molecule has 0 atom stereocenters. The van der Waals surface area contributed by atoms with Crippen LogP contribution < -0.4 is 31.1 Å². The SMILES string of the molecule is Cc1cc2c3c(c1)N(c1cccc4oc5ccccc5c14)c1cc4c(cc1B3c1cc(N(c3ccccc3)c3ccccc3)ccc1N2c1ccc(C(C)(C)C)cc1-c1ccccc1)C(C)(C)CC4(C)C. The maximum Gasteiger partial charge on any atom is 0.252 e. The number of furan rings is 1. The first-order chi connectivity index (χ1) is 34.2. The third-order valence-corrected chi connectivity index (χ3v) is 15.8. The van der Waals surface area contributed by atoms with Crippen molar-refractivity contribution in [2.24, 2.45) is 0 Å². The van der Waals surface area contributed by atoms with E-state index in [1.165, 1.54) is 72.5 Å². The predicted molar refractivity (Wildman–Crippen MR) is 302 cm³/mol. The molecular formula is C66H58BN3O. The van der Waals surface area contributed by atoms with Crippen molar-refractivity contribution in [3.63, 3.8) is 0 Å². The highest BCUT2D eigenvalue weighted by atomic mass is 16.3. The number of anilines is 9. The molecule has 4 nitrogen and oxygen atoms in total. The van der Waals surface area contributed by atoms with Gasteiger partial charge in [0.2, 0.25) is 0 Å². The molecule has 1 aliphatic carbocycles. The molecule has 5 heteroatoms. The van der Waals surface area contributed by atoms with E-state index < -0.39 is 0 Å². The first-order valence-corrected chi connectivity index (χ1v) is 25.3. The molecule has 3 aliphatic rings. The first-order valence-electron chi connectivity index (χ1n) is 25.3. The third-order valence-electron chi connectivity index (χ3n) is 15.8. The van der Waals surface area contributed by atoms with Crippen LogP contribution in [0.15, 0.2) is 199 Å². The van der Waals surface area contributed by atoms with Gasteiger partial charge in [-0.05, 0) is 165 Å². The average Bonchev–Trinajstić information content (AvgIpc) is 3.84. The lowest BCUT2D eigenvalue weighted by molar-refractivity contribution is 0.403. The molecule has 0 amide bonds. The molecule has 0 unspecified atom stereocenters. The normalized spacial score (nSPS) is 15.1. The molecule has 9 aromatic carbocycles. The highest BCUT2D eigenvalue weighted by molar-refractivity contribution is 7.00. The summed E-state index contributed by atoms with van der Waals surface area (Å²) in [4.78, 5) is 7.62. The van der Waals surface area contributed by atoms with Crippen molar-refractivity contribution in [1.29, 1.82) is 0 Å². The second-order valence-electron chi connectivity index (χ2n) is 22.6. The minimum absolute atomic E-state index is 0.0146. The quantitative estimate of drug-likeness (QED) is 0.155. The van der Waals surface area contributed by atoms with Crippen molar-refractivity contribution in [2.45, 2.75) is 78.1 Å². The maximum atomic E-state index is 6.67. The van der Waals surface area contributed by atoms with Gasteiger partial charge in [0, 0.05) is 50.8 Å². The number of nitrogens with zero attached hydrogens (tertiary/aromatic N) is 3. The Morgan fingerprint density at radius 1 is 0.493 bits per heavy atom. The second kappa shape index (κ2) is 15.6. The molecular weight excluding hydrogens is 862 g/mol. The lowest BCUT2D eigenvalue weighted by atomic mass is 9.33. The molecule has 13 rings (SSSR count). The van der Waals surface area contributed by atoms with E-state index in [0.29, 0.717) is 0 Å². The summed E-state index contributed by atoms with van der Waals surface area (Å²) in [6, 6.07) is 72.4. The first kappa shape index (κ1) is 43.3. The van der Waals surface area contributed by atoms with Gasteiger partial charge >= 0.3 is 0 Å².